The van der Waals surface area contributed by atoms with Gasteiger partial charge in [0.25, 0.3) is 0 Å². The van der Waals surface area contributed by atoms with Crippen molar-refractivity contribution in [1.82, 2.24) is 4.98 Å². The summed E-state index contributed by atoms with van der Waals surface area (Å²) in [4.78, 5) is 27.6. The minimum Gasteiger partial charge on any atom is -0.476 e. The molecule has 1 unspecified atom stereocenters. The lowest BCUT2D eigenvalue weighted by Gasteiger charge is -2.10. The molecule has 7 heteroatoms. The molecule has 0 spiro atoms. The molecule has 0 radical (unpaired) electrons. The van der Waals surface area contributed by atoms with Crippen LogP contribution in [0.15, 0.2) is 5.38 Å². The Morgan fingerprint density at radius 1 is 1.73 bits per heavy atom. The number of rotatable bonds is 2. The van der Waals surface area contributed by atoms with E-state index in [-0.39, 0.29) is 16.4 Å². The first-order valence-electron chi connectivity index (χ1n) is 4.21. The van der Waals surface area contributed by atoms with Crippen molar-refractivity contribution in [3.63, 3.8) is 0 Å². The van der Waals surface area contributed by atoms with E-state index in [2.05, 4.69) is 20.9 Å². The number of alkyl halides is 1. The van der Waals surface area contributed by atoms with Crippen molar-refractivity contribution in [3.05, 3.63) is 11.1 Å². The van der Waals surface area contributed by atoms with Crippen molar-refractivity contribution in [2.45, 2.75) is 11.2 Å². The van der Waals surface area contributed by atoms with Crippen LogP contribution in [0, 0.1) is 0 Å². The minimum atomic E-state index is -1.07. The van der Waals surface area contributed by atoms with Gasteiger partial charge in [0.2, 0.25) is 5.91 Å². The number of thiazole rings is 1. The summed E-state index contributed by atoms with van der Waals surface area (Å²) < 4.78 is 0. The van der Waals surface area contributed by atoms with Gasteiger partial charge in [-0.1, -0.05) is 15.9 Å². The highest BCUT2D eigenvalue weighted by Gasteiger charge is 2.30. The van der Waals surface area contributed by atoms with Crippen molar-refractivity contribution in [2.24, 2.45) is 0 Å². The lowest BCUT2D eigenvalue weighted by atomic mass is 10.4. The van der Waals surface area contributed by atoms with Gasteiger partial charge in [-0.2, -0.15) is 0 Å². The van der Waals surface area contributed by atoms with Gasteiger partial charge in [0.15, 0.2) is 10.8 Å². The highest BCUT2D eigenvalue weighted by Crippen LogP contribution is 2.27. The molecule has 15 heavy (non-hydrogen) atoms. The summed E-state index contributed by atoms with van der Waals surface area (Å²) in [6, 6.07) is 0. The minimum absolute atomic E-state index is 0.0131. The Hall–Kier alpha value is -0.950. The molecule has 0 saturated carbocycles. The number of nitrogens with zero attached hydrogens (tertiary/aromatic N) is 2. The van der Waals surface area contributed by atoms with Crippen LogP contribution < -0.4 is 4.90 Å². The van der Waals surface area contributed by atoms with Gasteiger partial charge in [-0.15, -0.1) is 11.3 Å². The number of anilines is 1. The molecular weight excluding hydrogens is 284 g/mol. The molecule has 1 aromatic rings. The standard InChI is InChI=1S/C8H7BrN2O3S/c9-4-1-6(12)11(2-4)8-10-5(3-15-8)7(13)14/h3-4H,1-2H2,(H,13,14). The molecular formula is C8H7BrN2O3S. The molecule has 0 bridgehead atoms. The Bertz CT molecular complexity index is 420. The third-order valence-electron chi connectivity index (χ3n) is 2.02. The third kappa shape index (κ3) is 2.03. The fourth-order valence-electron chi connectivity index (χ4n) is 1.34. The third-order valence-corrected chi connectivity index (χ3v) is 3.50. The van der Waals surface area contributed by atoms with Gasteiger partial charge in [-0.3, -0.25) is 9.69 Å². The molecule has 1 amide bonds. The molecule has 2 heterocycles. The summed E-state index contributed by atoms with van der Waals surface area (Å²) >= 11 is 4.52. The zero-order chi connectivity index (χ0) is 11.0. The maximum atomic E-state index is 11.5. The van der Waals surface area contributed by atoms with Crippen molar-refractivity contribution in [3.8, 4) is 0 Å². The Morgan fingerprint density at radius 2 is 2.47 bits per heavy atom. The molecule has 1 saturated heterocycles. The first-order valence-corrected chi connectivity index (χ1v) is 6.00. The molecule has 1 aliphatic heterocycles. The van der Waals surface area contributed by atoms with Crippen LogP contribution >= 0.6 is 27.3 Å². The monoisotopic (exact) mass is 290 g/mol. The molecule has 2 rings (SSSR count). The second-order valence-corrected chi connectivity index (χ2v) is 5.26. The molecule has 1 aliphatic rings. The molecule has 1 N–H and O–H groups in total. The molecule has 5 nitrogen and oxygen atoms in total. The van der Waals surface area contributed by atoms with Crippen molar-refractivity contribution < 1.29 is 14.7 Å². The topological polar surface area (TPSA) is 70.5 Å². The number of amides is 1. The SMILES string of the molecule is O=C(O)c1csc(N2CC(Br)CC2=O)n1. The second-order valence-electron chi connectivity index (χ2n) is 3.13. The van der Waals surface area contributed by atoms with E-state index >= 15 is 0 Å². The quantitative estimate of drug-likeness (QED) is 0.835. The highest BCUT2D eigenvalue weighted by atomic mass is 79.9. The van der Waals surface area contributed by atoms with Gasteiger partial charge < -0.3 is 5.11 Å². The number of carboxylic acids is 1. The van der Waals surface area contributed by atoms with Crippen LogP contribution in [0.1, 0.15) is 16.9 Å². The summed E-state index contributed by atoms with van der Waals surface area (Å²) in [5, 5.41) is 10.6. The lowest BCUT2D eigenvalue weighted by Crippen LogP contribution is -2.24. The number of aromatic carboxylic acids is 1. The molecule has 80 valence electrons. The number of carbonyl (C=O) groups is 2. The zero-order valence-corrected chi connectivity index (χ0v) is 9.92. The van der Waals surface area contributed by atoms with Crippen molar-refractivity contribution in [1.29, 1.82) is 0 Å². The molecule has 1 fully saturated rings. The van der Waals surface area contributed by atoms with Crippen LogP contribution in [0.2, 0.25) is 0 Å². The number of carboxylic acid groups (broad SMARTS) is 1. The summed E-state index contributed by atoms with van der Waals surface area (Å²) in [5.41, 5.74) is -0.0131. The maximum absolute atomic E-state index is 11.5. The summed E-state index contributed by atoms with van der Waals surface area (Å²) in [6.45, 7) is 0.547. The first-order chi connectivity index (χ1) is 7.08. The van der Waals surface area contributed by atoms with Crippen molar-refractivity contribution >= 4 is 44.3 Å². The van der Waals surface area contributed by atoms with Crippen LogP contribution in [0.4, 0.5) is 5.13 Å². The Kier molecular flexibility index (Phi) is 2.74. The number of hydrogen-bond acceptors (Lipinski definition) is 4. The van der Waals surface area contributed by atoms with Gasteiger partial charge in [-0.25, -0.2) is 9.78 Å². The largest absolute Gasteiger partial charge is 0.476 e. The molecule has 1 aromatic heterocycles. The Morgan fingerprint density at radius 3 is 2.93 bits per heavy atom. The zero-order valence-electron chi connectivity index (χ0n) is 7.51. The predicted octanol–water partition coefficient (Wildman–Crippen LogP) is 1.34. The van der Waals surface area contributed by atoms with Crippen LogP contribution in [-0.2, 0) is 4.79 Å². The van der Waals surface area contributed by atoms with E-state index in [1.807, 2.05) is 0 Å². The summed E-state index contributed by atoms with van der Waals surface area (Å²) in [6.07, 6.45) is 0.433. The van der Waals surface area contributed by atoms with Gasteiger partial charge in [0.1, 0.15) is 0 Å². The fraction of sp³-hybridized carbons (Fsp3) is 0.375. The molecule has 0 aromatic carbocycles. The van der Waals surface area contributed by atoms with Crippen LogP contribution in [0.3, 0.4) is 0 Å². The van der Waals surface area contributed by atoms with Crippen LogP contribution in [-0.4, -0.2) is 33.3 Å². The van der Waals surface area contributed by atoms with Crippen LogP contribution in [0.5, 0.6) is 0 Å². The van der Waals surface area contributed by atoms with Crippen LogP contribution in [0.25, 0.3) is 0 Å². The van der Waals surface area contributed by atoms with Gasteiger partial charge >= 0.3 is 5.97 Å². The highest BCUT2D eigenvalue weighted by molar-refractivity contribution is 9.09. The summed E-state index contributed by atoms with van der Waals surface area (Å²) in [5.74, 6) is -1.09. The first kappa shape index (κ1) is 10.6. The number of aromatic nitrogens is 1. The van der Waals surface area contributed by atoms with Gasteiger partial charge in [0.05, 0.1) is 0 Å². The van der Waals surface area contributed by atoms with E-state index in [9.17, 15) is 9.59 Å². The molecule has 1 atom stereocenters. The smallest absolute Gasteiger partial charge is 0.355 e. The number of hydrogen-bond donors (Lipinski definition) is 1. The predicted molar refractivity (Wildman–Crippen MR) is 58.8 cm³/mol. The fourth-order valence-corrected chi connectivity index (χ4v) is 2.73. The van der Waals surface area contributed by atoms with E-state index in [4.69, 9.17) is 5.11 Å². The number of carbonyl (C=O) groups excluding carboxylic acids is 1. The van der Waals surface area contributed by atoms with Gasteiger partial charge in [0, 0.05) is 23.2 Å². The number of halogens is 1. The normalized spacial score (nSPS) is 21.0. The summed E-state index contributed by atoms with van der Waals surface area (Å²) in [7, 11) is 0. The van der Waals surface area contributed by atoms with E-state index in [1.165, 1.54) is 21.6 Å². The average Bonchev–Trinajstić information content (AvgIpc) is 2.71. The van der Waals surface area contributed by atoms with E-state index in [0.29, 0.717) is 18.1 Å². The molecule has 0 aliphatic carbocycles. The second kappa shape index (κ2) is 3.90. The van der Waals surface area contributed by atoms with E-state index < -0.39 is 5.97 Å². The van der Waals surface area contributed by atoms with E-state index in [0.717, 1.165) is 0 Å². The van der Waals surface area contributed by atoms with Crippen molar-refractivity contribution in [2.75, 3.05) is 11.4 Å². The average molecular weight is 291 g/mol. The Labute approximate surface area is 97.9 Å². The van der Waals surface area contributed by atoms with Gasteiger partial charge in [-0.05, 0) is 0 Å². The van der Waals surface area contributed by atoms with E-state index in [1.54, 1.807) is 0 Å². The lowest BCUT2D eigenvalue weighted by molar-refractivity contribution is -0.117. The Balaban J connectivity index is 2.23. The maximum Gasteiger partial charge on any atom is 0.355 e.